The molecule has 0 amide bonds. The van der Waals surface area contributed by atoms with Crippen LogP contribution in [0.4, 0.5) is 0 Å². The van der Waals surface area contributed by atoms with E-state index in [0.717, 1.165) is 11.9 Å². The molecule has 42 heteroatoms. The summed E-state index contributed by atoms with van der Waals surface area (Å²) in [5.74, 6) is -7.91. The third kappa shape index (κ3) is 20.3. The van der Waals surface area contributed by atoms with E-state index in [9.17, 15) is 126 Å². The summed E-state index contributed by atoms with van der Waals surface area (Å²) in [7, 11) is 0. The number of aliphatic carboxylic acids is 1. The molecule has 0 bridgehead atoms. The molecule has 0 radical (unpaired) electrons. The lowest BCUT2D eigenvalue weighted by molar-refractivity contribution is -0.391. The van der Waals surface area contributed by atoms with Gasteiger partial charge in [-0.15, -0.1) is 0 Å². The Morgan fingerprint density at radius 2 is 1.05 bits per heavy atom. The standard InChI is InChI=1S/C88H142O42/c1-13-35(3)46(119-54(98)25-40(94)24-47(36(4)14-2)120-75-41(29-89)56(100)48(30-90)121-75)23-39(93)26-55(99)124-69-38(6)118-80(72(66(69)110)128-78-65(109)61(105)68(37(5)117-78)125-76-62(106)57(101)44(95)32-115-76)130-82(114)88-22-21-83(7,8)27-43(88)42-15-16-51-84(9)19-18-53(85(10,34-92)50(84)17-20-86(51,11)87(42,12)28-52(88)97)123-81-73(129-79-64(108)60(104)59(103)49(31-91)122-79)70(67(111)71(127-81)74(112)113)126-77-63(107)58(102)45(96)33-116-77/h15,34-41,43-53,56-73,75-81,89-91,93-97,100-111H,13-14,16-33H2,1-12H3,(H,112,113)/t35-,36-,37?,38?,39-,40-,41?,43?,44?,45+,46-,47-,48-,49?,50?,51?,52+,53-,56?,57-,58?,59-,60?,61?,62?,63?,64?,65?,66?,67+,68-,69+,70?,71?,72?,73?,75+,76+,77-,78-,79-,80-,81+,84-,85-,86+,87+,88+/m0/s1. The van der Waals surface area contributed by atoms with Crippen LogP contribution in [-0.2, 0) is 99.8 Å². The summed E-state index contributed by atoms with van der Waals surface area (Å²) in [5.41, 5.74) is -5.34. The molecule has 12 rings (SSSR count). The van der Waals surface area contributed by atoms with Crippen molar-refractivity contribution < 1.29 is 207 Å². The number of aliphatic hydroxyl groups is 20. The van der Waals surface area contributed by atoms with Crippen LogP contribution in [-0.4, -0.2) is 398 Å². The Kier molecular flexibility index (Phi) is 33.8. The lowest BCUT2D eigenvalue weighted by atomic mass is 9.33. The van der Waals surface area contributed by atoms with Crippen LogP contribution in [0.15, 0.2) is 11.6 Å². The summed E-state index contributed by atoms with van der Waals surface area (Å²) >= 11 is 0. The van der Waals surface area contributed by atoms with E-state index in [0.29, 0.717) is 51.4 Å². The summed E-state index contributed by atoms with van der Waals surface area (Å²) in [6, 6.07) is 0. The van der Waals surface area contributed by atoms with Crippen LogP contribution < -0.4 is 0 Å². The van der Waals surface area contributed by atoms with Crippen LogP contribution in [0.2, 0.25) is 0 Å². The molecule has 42 nitrogen and oxygen atoms in total. The predicted octanol–water partition coefficient (Wildman–Crippen LogP) is -3.90. The highest BCUT2D eigenvalue weighted by molar-refractivity contribution is 5.80. The molecule has 7 aliphatic heterocycles. The van der Waals surface area contributed by atoms with E-state index in [1.807, 2.05) is 27.7 Å². The van der Waals surface area contributed by atoms with Crippen molar-refractivity contribution in [2.75, 3.05) is 33.0 Å². The monoisotopic (exact) mass is 1870 g/mol. The number of carbonyl (C=O) groups excluding carboxylic acids is 4. The fourth-order valence-corrected chi connectivity index (χ4v) is 23.2. The van der Waals surface area contributed by atoms with Crippen molar-refractivity contribution in [3.05, 3.63) is 11.6 Å². The number of hydrogen-bond acceptors (Lipinski definition) is 41. The number of carboxylic acid groups (broad SMARTS) is 1. The van der Waals surface area contributed by atoms with Crippen LogP contribution >= 0.6 is 0 Å². The van der Waals surface area contributed by atoms with E-state index in [1.165, 1.54) is 13.8 Å². The van der Waals surface area contributed by atoms with Gasteiger partial charge in [0, 0.05) is 12.8 Å². The lowest BCUT2D eigenvalue weighted by Gasteiger charge is -2.71. The molecule has 7 saturated heterocycles. The van der Waals surface area contributed by atoms with Crippen LogP contribution in [0, 0.1) is 68.0 Å². The zero-order valence-corrected chi connectivity index (χ0v) is 75.6. The third-order valence-corrected chi connectivity index (χ3v) is 31.8. The highest BCUT2D eigenvalue weighted by atomic mass is 16.8. The average Bonchev–Trinajstić information content (AvgIpc) is 0.779. The second-order valence-corrected chi connectivity index (χ2v) is 40.5. The quantitative estimate of drug-likeness (QED) is 0.00982. The first-order chi connectivity index (χ1) is 61.1. The Morgan fingerprint density at radius 1 is 0.508 bits per heavy atom. The summed E-state index contributed by atoms with van der Waals surface area (Å²) < 4.78 is 97.0. The normalized spacial score (nSPS) is 48.1. The molecule has 0 aromatic heterocycles. The molecule has 130 heavy (non-hydrogen) atoms. The summed E-state index contributed by atoms with van der Waals surface area (Å²) in [6.45, 7) is 19.0. The van der Waals surface area contributed by atoms with Gasteiger partial charge in [-0.25, -0.2) is 4.79 Å². The van der Waals surface area contributed by atoms with Crippen molar-refractivity contribution in [1.82, 2.24) is 0 Å². The highest BCUT2D eigenvalue weighted by Crippen LogP contribution is 2.76. The van der Waals surface area contributed by atoms with E-state index < -0.39 is 353 Å². The Balaban J connectivity index is 0.784. The molecule has 4 saturated carbocycles. The van der Waals surface area contributed by atoms with Gasteiger partial charge in [0.2, 0.25) is 6.29 Å². The largest absolute Gasteiger partial charge is 0.479 e. The number of ether oxygens (including phenoxy) is 16. The lowest BCUT2D eigenvalue weighted by Crippen LogP contribution is -2.69. The van der Waals surface area contributed by atoms with Crippen molar-refractivity contribution in [2.24, 2.45) is 68.0 Å². The van der Waals surface area contributed by atoms with Gasteiger partial charge in [-0.3, -0.25) is 14.4 Å². The van der Waals surface area contributed by atoms with Gasteiger partial charge in [-0.2, -0.15) is 0 Å². The minimum atomic E-state index is -2.25. The van der Waals surface area contributed by atoms with Gasteiger partial charge in [0.25, 0.3) is 0 Å². The molecule has 0 aromatic carbocycles. The predicted molar refractivity (Wildman–Crippen MR) is 436 cm³/mol. The number of fused-ring (bicyclic) bond motifs is 7. The van der Waals surface area contributed by atoms with Gasteiger partial charge < -0.3 is 188 Å². The Bertz CT molecular complexity index is 3810. The Morgan fingerprint density at radius 3 is 1.65 bits per heavy atom. The zero-order chi connectivity index (χ0) is 95.6. The maximum Gasteiger partial charge on any atom is 0.335 e. The number of hydrogen-bond donors (Lipinski definition) is 21. The molecule has 11 fully saturated rings. The minimum Gasteiger partial charge on any atom is -0.479 e. The average molecular weight is 1870 g/mol. The fourth-order valence-electron chi connectivity index (χ4n) is 23.2. The molecule has 21 N–H and O–H groups in total. The molecule has 0 spiro atoms. The second-order valence-electron chi connectivity index (χ2n) is 40.5. The van der Waals surface area contributed by atoms with E-state index in [1.54, 1.807) is 20.8 Å². The van der Waals surface area contributed by atoms with Gasteiger partial charge in [-0.05, 0) is 123 Å². The number of carbonyl (C=O) groups is 5. The molecular weight excluding hydrogens is 1730 g/mol. The summed E-state index contributed by atoms with van der Waals surface area (Å²) in [5, 5.41) is 233. The smallest absolute Gasteiger partial charge is 0.335 e. The van der Waals surface area contributed by atoms with Gasteiger partial charge in [0.15, 0.2) is 56.1 Å². The molecule has 7 heterocycles. The van der Waals surface area contributed by atoms with Crippen LogP contribution in [0.25, 0.3) is 0 Å². The van der Waals surface area contributed by atoms with E-state index in [2.05, 4.69) is 26.8 Å². The third-order valence-electron chi connectivity index (χ3n) is 31.8. The summed E-state index contributed by atoms with van der Waals surface area (Å²) in [6.07, 6.45) is -59.1. The molecule has 0 aromatic rings. The number of aldehydes is 1. The molecular formula is C88H142O42. The molecule has 746 valence electrons. The van der Waals surface area contributed by atoms with Gasteiger partial charge in [0.05, 0.1) is 106 Å². The Hall–Kier alpha value is -4.03. The van der Waals surface area contributed by atoms with Crippen LogP contribution in [0.1, 0.15) is 179 Å². The van der Waals surface area contributed by atoms with Gasteiger partial charge >= 0.3 is 23.9 Å². The molecule has 12 aliphatic rings. The number of allylic oxidation sites excluding steroid dienone is 2. The van der Waals surface area contributed by atoms with E-state index >= 15 is 4.79 Å². The van der Waals surface area contributed by atoms with Gasteiger partial charge in [-0.1, -0.05) is 93.7 Å². The topological polar surface area (TPSA) is 658 Å². The van der Waals surface area contributed by atoms with E-state index in [-0.39, 0.29) is 43.9 Å². The Labute approximate surface area is 753 Å². The molecule has 5 aliphatic carbocycles. The first-order valence-electron chi connectivity index (χ1n) is 45.9. The van der Waals surface area contributed by atoms with E-state index in [4.69, 9.17) is 75.8 Å². The van der Waals surface area contributed by atoms with Gasteiger partial charge in [0.1, 0.15) is 128 Å². The second kappa shape index (κ2) is 42.0. The number of aliphatic hydroxyl groups excluding tert-OH is 20. The van der Waals surface area contributed by atoms with Crippen LogP contribution in [0.3, 0.4) is 0 Å². The van der Waals surface area contributed by atoms with Crippen LogP contribution in [0.5, 0.6) is 0 Å². The van der Waals surface area contributed by atoms with Crippen molar-refractivity contribution in [1.29, 1.82) is 0 Å². The zero-order valence-electron chi connectivity index (χ0n) is 75.6. The van der Waals surface area contributed by atoms with Crippen molar-refractivity contribution in [3.8, 4) is 0 Å². The molecule has 21 unspecified atom stereocenters. The number of esters is 3. The first kappa shape index (κ1) is 105. The number of carboxylic acids is 1. The van der Waals surface area contributed by atoms with Crippen molar-refractivity contribution in [3.63, 3.8) is 0 Å². The highest BCUT2D eigenvalue weighted by Gasteiger charge is 2.74. The number of rotatable bonds is 33. The summed E-state index contributed by atoms with van der Waals surface area (Å²) in [4.78, 5) is 71.8. The maximum atomic E-state index is 16.3. The van der Waals surface area contributed by atoms with Crippen molar-refractivity contribution in [2.45, 2.75) is 407 Å². The maximum absolute atomic E-state index is 16.3. The minimum absolute atomic E-state index is 0.0329. The SMILES string of the molecule is CC[C@H](C)[C@H](C[C@H](O)CC(=O)O[C@@H]1C(C)O[C@@H](OC(=O)[C@]23CCC(C)(C)CC2C2=CCC4[C@@]5(C)CC[C@H](O[C@@H]6OC(C(=O)O)[C@H](O)C(O[C@@H]7OC[C@@H](O)C(O)C7O)C6O[C@@H]6OC(CO)[C@H](O)C(O)C6O)[C@@](C)(C=O)C5CC[C@@]4(C)[C@]2(C)C[C@H]3O)C(O[C@@H]2OC(C)[C@H](O[C@H]3OCC(O)[C@H](O)C3O)C(O)C2O)C1O)OC(=O)C[C@@H](O)C[C@H](O[C@@H]1O[C@@H](CO)C(O)C1CO)[C@@H](C)CC. The van der Waals surface area contributed by atoms with Crippen molar-refractivity contribution >= 4 is 30.2 Å². The first-order valence-corrected chi connectivity index (χ1v) is 45.9. The fraction of sp³-hybridized carbons (Fsp3) is 0.920. The molecule has 48 atom stereocenters.